The van der Waals surface area contributed by atoms with E-state index in [1.54, 1.807) is 0 Å². The molecule has 2 aromatic rings. The average molecular weight is 395 g/mol. The number of hydrogen-bond donors (Lipinski definition) is 5. The summed E-state index contributed by atoms with van der Waals surface area (Å²) in [5.74, 6) is 0.490. The van der Waals surface area contributed by atoms with E-state index in [9.17, 15) is 20.4 Å². The van der Waals surface area contributed by atoms with Crippen molar-refractivity contribution in [2.45, 2.75) is 76.2 Å². The molecule has 0 bridgehead atoms. The Hall–Kier alpha value is -1.85. The van der Waals surface area contributed by atoms with Gasteiger partial charge in [-0.25, -0.2) is 15.0 Å². The molecule has 2 aromatic heterocycles. The number of nitrogens with zero attached hydrogens (tertiary/aromatic N) is 4. The van der Waals surface area contributed by atoms with Crippen molar-refractivity contribution in [2.24, 2.45) is 0 Å². The van der Waals surface area contributed by atoms with E-state index in [0.717, 1.165) is 19.3 Å². The van der Waals surface area contributed by atoms with Crippen molar-refractivity contribution < 1.29 is 25.2 Å². The van der Waals surface area contributed by atoms with Gasteiger partial charge in [0.1, 0.15) is 24.6 Å². The first-order chi connectivity index (χ1) is 13.5. The van der Waals surface area contributed by atoms with Gasteiger partial charge in [-0.1, -0.05) is 26.7 Å². The van der Waals surface area contributed by atoms with Crippen molar-refractivity contribution in [1.29, 1.82) is 0 Å². The van der Waals surface area contributed by atoms with E-state index in [-0.39, 0.29) is 6.04 Å². The highest BCUT2D eigenvalue weighted by Crippen LogP contribution is 2.32. The Morgan fingerprint density at radius 2 is 2.00 bits per heavy atom. The molecule has 6 atom stereocenters. The number of imidazole rings is 1. The van der Waals surface area contributed by atoms with Gasteiger partial charge in [0, 0.05) is 0 Å². The third-order valence-corrected chi connectivity index (χ3v) is 5.22. The highest BCUT2D eigenvalue weighted by Gasteiger charge is 2.44. The van der Waals surface area contributed by atoms with Crippen LogP contribution in [0.15, 0.2) is 12.7 Å². The predicted octanol–water partition coefficient (Wildman–Crippen LogP) is 0.179. The van der Waals surface area contributed by atoms with Gasteiger partial charge in [0.2, 0.25) is 0 Å². The molecule has 2 unspecified atom stereocenters. The molecular formula is C18H29N5O5. The van der Waals surface area contributed by atoms with E-state index in [1.165, 1.54) is 17.2 Å². The van der Waals surface area contributed by atoms with Crippen molar-refractivity contribution in [3.05, 3.63) is 12.7 Å². The molecule has 0 spiro atoms. The molecule has 10 nitrogen and oxygen atoms in total. The number of nitrogens with one attached hydrogen (secondary N) is 1. The van der Waals surface area contributed by atoms with Crippen LogP contribution in [0.4, 0.5) is 5.82 Å². The molecule has 1 aliphatic rings. The molecule has 0 aromatic carbocycles. The minimum absolute atomic E-state index is 0.165. The SMILES string of the molecule is CCCCC(Nc1ncnc2c1ncn2[C@@H]1O[C@H](CO)[C@@H](O)[C@H]1O)C(O)CC. The number of rotatable bonds is 9. The molecule has 10 heteroatoms. The molecule has 3 rings (SSSR count). The van der Waals surface area contributed by atoms with E-state index in [0.29, 0.717) is 23.4 Å². The van der Waals surface area contributed by atoms with Crippen LogP contribution in [-0.2, 0) is 4.74 Å². The highest BCUT2D eigenvalue weighted by molar-refractivity contribution is 5.82. The van der Waals surface area contributed by atoms with Crippen LogP contribution < -0.4 is 5.32 Å². The number of anilines is 1. The maximum atomic E-state index is 10.3. The minimum atomic E-state index is -1.22. The van der Waals surface area contributed by atoms with E-state index >= 15 is 0 Å². The van der Waals surface area contributed by atoms with Crippen molar-refractivity contribution in [3.8, 4) is 0 Å². The Morgan fingerprint density at radius 3 is 2.64 bits per heavy atom. The standard InChI is InChI=1S/C18H29N5O5/c1-3-5-6-10(11(25)4-2)22-16-13-17(20-8-19-16)23(9-21-13)18-15(27)14(26)12(7-24)28-18/h8-12,14-15,18,24-27H,3-7H2,1-2H3,(H,19,20,22)/t10?,11?,12-,14-,15-,18-/m1/s1. The second-order valence-corrected chi connectivity index (χ2v) is 7.14. The third-order valence-electron chi connectivity index (χ3n) is 5.22. The minimum Gasteiger partial charge on any atom is -0.394 e. The smallest absolute Gasteiger partial charge is 0.167 e. The fourth-order valence-corrected chi connectivity index (χ4v) is 3.50. The van der Waals surface area contributed by atoms with Gasteiger partial charge in [-0.05, 0) is 12.8 Å². The molecule has 0 aliphatic carbocycles. The molecule has 1 saturated heterocycles. The molecule has 1 aliphatic heterocycles. The lowest BCUT2D eigenvalue weighted by atomic mass is 10.0. The Balaban J connectivity index is 1.89. The zero-order valence-corrected chi connectivity index (χ0v) is 16.1. The summed E-state index contributed by atoms with van der Waals surface area (Å²) in [7, 11) is 0. The van der Waals surface area contributed by atoms with Crippen LogP contribution >= 0.6 is 0 Å². The molecule has 0 radical (unpaired) electrons. The normalized spacial score (nSPS) is 27.2. The van der Waals surface area contributed by atoms with Crippen LogP contribution in [0.25, 0.3) is 11.2 Å². The van der Waals surface area contributed by atoms with Gasteiger partial charge in [0.25, 0.3) is 0 Å². The van der Waals surface area contributed by atoms with Crippen molar-refractivity contribution in [2.75, 3.05) is 11.9 Å². The number of unbranched alkanes of at least 4 members (excludes halogenated alkanes) is 1. The summed E-state index contributed by atoms with van der Waals surface area (Å²) < 4.78 is 7.09. The van der Waals surface area contributed by atoms with Gasteiger partial charge in [-0.2, -0.15) is 0 Å². The van der Waals surface area contributed by atoms with E-state index in [4.69, 9.17) is 4.74 Å². The second-order valence-electron chi connectivity index (χ2n) is 7.14. The lowest BCUT2D eigenvalue weighted by Crippen LogP contribution is -2.33. The Morgan fingerprint density at radius 1 is 1.21 bits per heavy atom. The number of fused-ring (bicyclic) bond motifs is 1. The molecule has 3 heterocycles. The number of ether oxygens (including phenoxy) is 1. The fraction of sp³-hybridized carbons (Fsp3) is 0.722. The first-order valence-electron chi connectivity index (χ1n) is 9.76. The lowest BCUT2D eigenvalue weighted by Gasteiger charge is -2.24. The summed E-state index contributed by atoms with van der Waals surface area (Å²) in [5, 5.41) is 43.2. The van der Waals surface area contributed by atoms with Crippen molar-refractivity contribution >= 4 is 17.0 Å². The summed E-state index contributed by atoms with van der Waals surface area (Å²) in [4.78, 5) is 12.9. The zero-order chi connectivity index (χ0) is 20.3. The van der Waals surface area contributed by atoms with Crippen LogP contribution in [0.1, 0.15) is 45.8 Å². The maximum Gasteiger partial charge on any atom is 0.167 e. The number of hydrogen-bond acceptors (Lipinski definition) is 9. The molecule has 156 valence electrons. The van der Waals surface area contributed by atoms with Crippen molar-refractivity contribution in [1.82, 2.24) is 19.5 Å². The Labute approximate surface area is 163 Å². The molecule has 0 saturated carbocycles. The first kappa shape index (κ1) is 20.9. The molecule has 1 fully saturated rings. The molecular weight excluding hydrogens is 366 g/mol. The third kappa shape index (κ3) is 3.96. The van der Waals surface area contributed by atoms with Gasteiger partial charge in [-0.3, -0.25) is 4.57 Å². The van der Waals surface area contributed by atoms with Gasteiger partial charge >= 0.3 is 0 Å². The van der Waals surface area contributed by atoms with Gasteiger partial charge in [-0.15, -0.1) is 0 Å². The van der Waals surface area contributed by atoms with Crippen molar-refractivity contribution in [3.63, 3.8) is 0 Å². The summed E-state index contributed by atoms with van der Waals surface area (Å²) >= 11 is 0. The topological polar surface area (TPSA) is 146 Å². The van der Waals surface area contributed by atoms with E-state index in [2.05, 4.69) is 27.2 Å². The molecule has 28 heavy (non-hydrogen) atoms. The quantitative estimate of drug-likeness (QED) is 0.401. The fourth-order valence-electron chi connectivity index (χ4n) is 3.50. The number of aliphatic hydroxyl groups excluding tert-OH is 4. The van der Waals surface area contributed by atoms with E-state index < -0.39 is 37.3 Å². The van der Waals surface area contributed by atoms with Crippen LogP contribution in [-0.4, -0.2) is 77.0 Å². The van der Waals surface area contributed by atoms with Gasteiger partial charge in [0.15, 0.2) is 23.2 Å². The van der Waals surface area contributed by atoms with Gasteiger partial charge < -0.3 is 30.5 Å². The lowest BCUT2D eigenvalue weighted by molar-refractivity contribution is -0.0511. The van der Waals surface area contributed by atoms with Crippen LogP contribution in [0, 0.1) is 0 Å². The van der Waals surface area contributed by atoms with Crippen LogP contribution in [0.5, 0.6) is 0 Å². The number of aliphatic hydroxyl groups is 4. The Kier molecular flexibility index (Phi) is 6.78. The molecule has 5 N–H and O–H groups in total. The largest absolute Gasteiger partial charge is 0.394 e. The summed E-state index contributed by atoms with van der Waals surface area (Å²) in [5.41, 5.74) is 0.901. The maximum absolute atomic E-state index is 10.3. The Bertz CT molecular complexity index is 772. The summed E-state index contributed by atoms with van der Waals surface area (Å²) in [6.45, 7) is 3.62. The van der Waals surface area contributed by atoms with Crippen LogP contribution in [0.3, 0.4) is 0 Å². The monoisotopic (exact) mass is 395 g/mol. The highest BCUT2D eigenvalue weighted by atomic mass is 16.6. The summed E-state index contributed by atoms with van der Waals surface area (Å²) in [6, 6.07) is -0.165. The summed E-state index contributed by atoms with van der Waals surface area (Å²) in [6.07, 6.45) is 1.50. The second kappa shape index (κ2) is 9.10. The van der Waals surface area contributed by atoms with Gasteiger partial charge in [0.05, 0.1) is 25.1 Å². The molecule has 0 amide bonds. The number of aromatic nitrogens is 4. The first-order valence-corrected chi connectivity index (χ1v) is 9.76. The van der Waals surface area contributed by atoms with Crippen LogP contribution in [0.2, 0.25) is 0 Å². The zero-order valence-electron chi connectivity index (χ0n) is 16.1. The predicted molar refractivity (Wildman–Crippen MR) is 102 cm³/mol. The van der Waals surface area contributed by atoms with E-state index in [1.807, 2.05) is 6.92 Å². The average Bonchev–Trinajstić information content (AvgIpc) is 3.26.